The highest BCUT2D eigenvalue weighted by molar-refractivity contribution is 6.01. The minimum Gasteiger partial charge on any atom is -0.371 e. The van der Waals surface area contributed by atoms with Gasteiger partial charge in [-0.15, -0.1) is 0 Å². The molecule has 2 aliphatic heterocycles. The van der Waals surface area contributed by atoms with Crippen LogP contribution in [0.2, 0.25) is 0 Å². The van der Waals surface area contributed by atoms with Crippen LogP contribution in [0.4, 0.5) is 10.5 Å². The first-order valence-corrected chi connectivity index (χ1v) is 7.59. The van der Waals surface area contributed by atoms with Gasteiger partial charge in [0.2, 0.25) is 5.91 Å². The van der Waals surface area contributed by atoms with E-state index in [0.717, 1.165) is 25.9 Å². The number of nitrogens with one attached hydrogen (secondary N) is 1. The molecule has 1 saturated heterocycles. The number of hydrogen-bond acceptors (Lipinski definition) is 3. The van der Waals surface area contributed by atoms with Crippen molar-refractivity contribution in [2.45, 2.75) is 25.7 Å². The highest BCUT2D eigenvalue weighted by atomic mass is 16.2. The first-order valence-electron chi connectivity index (χ1n) is 7.59. The van der Waals surface area contributed by atoms with Crippen LogP contribution in [0.25, 0.3) is 0 Å². The molecule has 1 atom stereocenters. The second kappa shape index (κ2) is 5.76. The van der Waals surface area contributed by atoms with Crippen LogP contribution >= 0.6 is 0 Å². The van der Waals surface area contributed by atoms with E-state index < -0.39 is 0 Å². The highest BCUT2D eigenvalue weighted by Crippen LogP contribution is 2.34. The average molecular weight is 287 g/mol. The maximum atomic E-state index is 11.5. The summed E-state index contributed by atoms with van der Waals surface area (Å²) in [6.45, 7) is 4.82. The molecule has 5 heteroatoms. The van der Waals surface area contributed by atoms with Crippen molar-refractivity contribution in [1.29, 1.82) is 0 Å². The molecule has 2 heterocycles. The Morgan fingerprint density at radius 1 is 1.24 bits per heavy atom. The van der Waals surface area contributed by atoms with Crippen LogP contribution in [-0.4, -0.2) is 43.0 Å². The molecule has 3 rings (SSSR count). The Labute approximate surface area is 124 Å². The number of fused-ring (bicyclic) bond motifs is 1. The smallest absolute Gasteiger partial charge is 0.324 e. The van der Waals surface area contributed by atoms with Gasteiger partial charge in [-0.3, -0.25) is 9.69 Å². The molecule has 0 saturated carbocycles. The van der Waals surface area contributed by atoms with Gasteiger partial charge >= 0.3 is 6.03 Å². The van der Waals surface area contributed by atoms with Crippen LogP contribution < -0.4 is 10.2 Å². The van der Waals surface area contributed by atoms with Crippen LogP contribution in [-0.2, 0) is 4.79 Å². The van der Waals surface area contributed by atoms with E-state index in [2.05, 4.69) is 41.4 Å². The molecule has 21 heavy (non-hydrogen) atoms. The number of carbonyl (C=O) groups is 2. The lowest BCUT2D eigenvalue weighted by molar-refractivity contribution is -0.125. The molecular formula is C16H21N3O2. The second-order valence-electron chi connectivity index (χ2n) is 5.79. The summed E-state index contributed by atoms with van der Waals surface area (Å²) in [6.07, 6.45) is 1.96. The number of amides is 3. The van der Waals surface area contributed by atoms with Gasteiger partial charge in [0.1, 0.15) is 0 Å². The number of benzene rings is 1. The number of nitrogens with zero attached hydrogens (tertiary/aromatic N) is 2. The summed E-state index contributed by atoms with van der Waals surface area (Å²) in [5.74, 6) is 0.482. The average Bonchev–Trinajstić information content (AvgIpc) is 2.81. The normalized spacial score (nSPS) is 21.5. The van der Waals surface area contributed by atoms with Gasteiger partial charge in [-0.05, 0) is 30.4 Å². The van der Waals surface area contributed by atoms with Crippen LogP contribution in [0.5, 0.6) is 0 Å². The van der Waals surface area contributed by atoms with Crippen LogP contribution in [0.3, 0.4) is 0 Å². The van der Waals surface area contributed by atoms with E-state index in [1.54, 1.807) is 0 Å². The van der Waals surface area contributed by atoms with Gasteiger partial charge in [0.15, 0.2) is 0 Å². The molecule has 0 aromatic heterocycles. The molecule has 0 aliphatic carbocycles. The van der Waals surface area contributed by atoms with Crippen molar-refractivity contribution in [2.24, 2.45) is 0 Å². The zero-order valence-electron chi connectivity index (χ0n) is 12.3. The van der Waals surface area contributed by atoms with Crippen molar-refractivity contribution in [2.75, 3.05) is 31.1 Å². The van der Waals surface area contributed by atoms with Crippen molar-refractivity contribution in [3.8, 4) is 0 Å². The standard InChI is InChI=1S/C16H21N3O2/c1-12-7-10-18(14-6-3-2-5-13(12)14)8-4-9-19-15(20)11-17-16(19)21/h2-3,5-6,12H,4,7-11H2,1H3,(H,17,21)/t12-/m0/s1. The molecule has 2 aliphatic rings. The Bertz CT molecular complexity index is 542. The monoisotopic (exact) mass is 287 g/mol. The Balaban J connectivity index is 1.60. The molecule has 112 valence electrons. The number of anilines is 1. The summed E-state index contributed by atoms with van der Waals surface area (Å²) < 4.78 is 0. The molecule has 1 aromatic rings. The molecule has 0 radical (unpaired) electrons. The van der Waals surface area contributed by atoms with Gasteiger partial charge in [0, 0.05) is 25.3 Å². The summed E-state index contributed by atoms with van der Waals surface area (Å²) in [5.41, 5.74) is 2.70. The number of hydrogen-bond donors (Lipinski definition) is 1. The van der Waals surface area contributed by atoms with E-state index in [0.29, 0.717) is 12.5 Å². The number of rotatable bonds is 4. The number of para-hydroxylation sites is 1. The van der Waals surface area contributed by atoms with E-state index in [9.17, 15) is 9.59 Å². The third-order valence-electron chi connectivity index (χ3n) is 4.39. The topological polar surface area (TPSA) is 52.6 Å². The Morgan fingerprint density at radius 3 is 2.81 bits per heavy atom. The zero-order chi connectivity index (χ0) is 14.8. The lowest BCUT2D eigenvalue weighted by atomic mass is 9.91. The van der Waals surface area contributed by atoms with Crippen LogP contribution in [0.1, 0.15) is 31.2 Å². The van der Waals surface area contributed by atoms with Crippen LogP contribution in [0, 0.1) is 0 Å². The van der Waals surface area contributed by atoms with E-state index >= 15 is 0 Å². The quantitative estimate of drug-likeness (QED) is 0.861. The summed E-state index contributed by atoms with van der Waals surface area (Å²) in [4.78, 5) is 26.7. The van der Waals surface area contributed by atoms with Gasteiger partial charge in [-0.25, -0.2) is 4.79 Å². The van der Waals surface area contributed by atoms with Crippen molar-refractivity contribution < 1.29 is 9.59 Å². The summed E-state index contributed by atoms with van der Waals surface area (Å²) >= 11 is 0. The maximum Gasteiger partial charge on any atom is 0.324 e. The molecule has 0 bridgehead atoms. The Morgan fingerprint density at radius 2 is 2.05 bits per heavy atom. The predicted octanol–water partition coefficient (Wildman–Crippen LogP) is 1.94. The predicted molar refractivity (Wildman–Crippen MR) is 81.4 cm³/mol. The number of carbonyl (C=O) groups excluding carboxylic acids is 2. The molecule has 5 nitrogen and oxygen atoms in total. The fraction of sp³-hybridized carbons (Fsp3) is 0.500. The van der Waals surface area contributed by atoms with Gasteiger partial charge in [0.05, 0.1) is 6.54 Å². The Kier molecular flexibility index (Phi) is 3.82. The largest absolute Gasteiger partial charge is 0.371 e. The minimum absolute atomic E-state index is 0.118. The van der Waals surface area contributed by atoms with E-state index in [4.69, 9.17) is 0 Å². The van der Waals surface area contributed by atoms with Gasteiger partial charge in [-0.2, -0.15) is 0 Å². The number of imide groups is 1. The highest BCUT2D eigenvalue weighted by Gasteiger charge is 2.28. The molecular weight excluding hydrogens is 266 g/mol. The fourth-order valence-electron chi connectivity index (χ4n) is 3.15. The van der Waals surface area contributed by atoms with Gasteiger partial charge in [0.25, 0.3) is 0 Å². The molecule has 0 unspecified atom stereocenters. The number of urea groups is 1. The van der Waals surface area contributed by atoms with Gasteiger partial charge in [-0.1, -0.05) is 25.1 Å². The molecule has 0 spiro atoms. The first-order chi connectivity index (χ1) is 10.2. The van der Waals surface area contributed by atoms with Crippen LogP contribution in [0.15, 0.2) is 24.3 Å². The molecule has 1 aromatic carbocycles. The van der Waals surface area contributed by atoms with E-state index in [1.165, 1.54) is 16.2 Å². The van der Waals surface area contributed by atoms with Crippen molar-refractivity contribution >= 4 is 17.6 Å². The van der Waals surface area contributed by atoms with Gasteiger partial charge < -0.3 is 10.2 Å². The summed E-state index contributed by atoms with van der Waals surface area (Å²) in [7, 11) is 0. The summed E-state index contributed by atoms with van der Waals surface area (Å²) in [5, 5.41) is 2.55. The third kappa shape index (κ3) is 2.73. The van der Waals surface area contributed by atoms with E-state index in [-0.39, 0.29) is 18.5 Å². The third-order valence-corrected chi connectivity index (χ3v) is 4.39. The maximum absolute atomic E-state index is 11.5. The zero-order valence-corrected chi connectivity index (χ0v) is 12.3. The summed E-state index contributed by atoms with van der Waals surface area (Å²) in [6, 6.07) is 8.27. The lowest BCUT2D eigenvalue weighted by Crippen LogP contribution is -2.36. The minimum atomic E-state index is -0.257. The second-order valence-corrected chi connectivity index (χ2v) is 5.79. The molecule has 3 amide bonds. The lowest BCUT2D eigenvalue weighted by Gasteiger charge is -2.34. The SMILES string of the molecule is C[C@H]1CCN(CCCN2C(=O)CNC2=O)c2ccccc21. The van der Waals surface area contributed by atoms with Crippen molar-refractivity contribution in [1.82, 2.24) is 10.2 Å². The Hall–Kier alpha value is -2.04. The first kappa shape index (κ1) is 13.9. The molecule has 1 N–H and O–H groups in total. The van der Waals surface area contributed by atoms with Crippen molar-refractivity contribution in [3.63, 3.8) is 0 Å². The van der Waals surface area contributed by atoms with Crippen molar-refractivity contribution in [3.05, 3.63) is 29.8 Å². The molecule has 1 fully saturated rings. The fourth-order valence-corrected chi connectivity index (χ4v) is 3.15. The van der Waals surface area contributed by atoms with E-state index in [1.807, 2.05) is 0 Å².